The summed E-state index contributed by atoms with van der Waals surface area (Å²) < 4.78 is 13.0. The molecule has 2 nitrogen and oxygen atoms in total. The highest BCUT2D eigenvalue weighted by molar-refractivity contribution is 6.33. The molecule has 1 aromatic carbocycles. The normalized spacial score (nSPS) is 14.6. The average Bonchev–Trinajstić information content (AvgIpc) is 2.30. The lowest BCUT2D eigenvalue weighted by Crippen LogP contribution is -2.29. The molecule has 0 aromatic heterocycles. The van der Waals surface area contributed by atoms with Crippen LogP contribution in [0.15, 0.2) is 18.2 Å². The molecular weight excluding hydrogens is 229 g/mol. The number of rotatable bonds is 5. The van der Waals surface area contributed by atoms with Crippen molar-refractivity contribution in [2.24, 2.45) is 5.41 Å². The third-order valence-corrected chi connectivity index (χ3v) is 3.20. The standard InChI is InChI=1S/C12H17ClFNO/c1-3-12(2,8-16)7-15-11-6-9(14)4-5-10(11)13/h4-6,15-16H,3,7-8H2,1-2H3. The summed E-state index contributed by atoms with van der Waals surface area (Å²) in [5.74, 6) is -0.325. The third-order valence-electron chi connectivity index (χ3n) is 2.87. The molecule has 1 unspecified atom stereocenters. The molecule has 0 heterocycles. The second-order valence-corrected chi connectivity index (χ2v) is 4.71. The van der Waals surface area contributed by atoms with Gasteiger partial charge in [-0.3, -0.25) is 0 Å². The molecule has 2 N–H and O–H groups in total. The first-order chi connectivity index (χ1) is 7.50. The maximum absolute atomic E-state index is 13.0. The summed E-state index contributed by atoms with van der Waals surface area (Å²) in [6.45, 7) is 4.62. The minimum atomic E-state index is -0.325. The first-order valence-corrected chi connectivity index (χ1v) is 5.68. The summed E-state index contributed by atoms with van der Waals surface area (Å²) >= 11 is 5.92. The van der Waals surface area contributed by atoms with Gasteiger partial charge >= 0.3 is 0 Å². The molecule has 1 rings (SSSR count). The van der Waals surface area contributed by atoms with Gasteiger partial charge in [-0.15, -0.1) is 0 Å². The molecule has 4 heteroatoms. The Kier molecular flexibility index (Phi) is 4.56. The van der Waals surface area contributed by atoms with Crippen LogP contribution >= 0.6 is 11.6 Å². The molecule has 0 spiro atoms. The predicted octanol–water partition coefficient (Wildman–Crippen LogP) is 3.30. The number of nitrogens with one attached hydrogen (secondary N) is 1. The Hall–Kier alpha value is -0.800. The molecule has 0 amide bonds. The SMILES string of the molecule is CCC(C)(CO)CNc1cc(F)ccc1Cl. The van der Waals surface area contributed by atoms with Crippen LogP contribution in [0.25, 0.3) is 0 Å². The van der Waals surface area contributed by atoms with Crippen LogP contribution in [0.1, 0.15) is 20.3 Å². The van der Waals surface area contributed by atoms with Gasteiger partial charge in [-0.25, -0.2) is 4.39 Å². The molecule has 0 saturated heterocycles. The van der Waals surface area contributed by atoms with Gasteiger partial charge in [-0.05, 0) is 24.6 Å². The Bertz CT molecular complexity index is 353. The van der Waals surface area contributed by atoms with E-state index >= 15 is 0 Å². The number of halogens is 2. The van der Waals surface area contributed by atoms with Crippen molar-refractivity contribution in [2.45, 2.75) is 20.3 Å². The van der Waals surface area contributed by atoms with E-state index in [-0.39, 0.29) is 17.8 Å². The van der Waals surface area contributed by atoms with Gasteiger partial charge < -0.3 is 10.4 Å². The van der Waals surface area contributed by atoms with Gasteiger partial charge in [0, 0.05) is 12.0 Å². The maximum Gasteiger partial charge on any atom is 0.125 e. The van der Waals surface area contributed by atoms with Gasteiger partial charge in [0.15, 0.2) is 0 Å². The van der Waals surface area contributed by atoms with E-state index < -0.39 is 0 Å². The summed E-state index contributed by atoms with van der Waals surface area (Å²) in [6.07, 6.45) is 0.837. The summed E-state index contributed by atoms with van der Waals surface area (Å²) in [5, 5.41) is 12.8. The highest BCUT2D eigenvalue weighted by atomic mass is 35.5. The molecule has 0 aliphatic rings. The average molecular weight is 246 g/mol. The summed E-state index contributed by atoms with van der Waals surface area (Å²) in [4.78, 5) is 0. The molecule has 0 saturated carbocycles. The van der Waals surface area contributed by atoms with Crippen LogP contribution in [0.3, 0.4) is 0 Å². The zero-order chi connectivity index (χ0) is 12.2. The highest BCUT2D eigenvalue weighted by Gasteiger charge is 2.20. The number of aliphatic hydroxyl groups excluding tert-OH is 1. The molecule has 0 radical (unpaired) electrons. The van der Waals surface area contributed by atoms with E-state index in [0.717, 1.165) is 6.42 Å². The smallest absolute Gasteiger partial charge is 0.125 e. The topological polar surface area (TPSA) is 32.3 Å². The van der Waals surface area contributed by atoms with E-state index in [9.17, 15) is 9.50 Å². The van der Waals surface area contributed by atoms with Crippen molar-refractivity contribution in [3.8, 4) is 0 Å². The molecule has 0 aliphatic heterocycles. The van der Waals surface area contributed by atoms with Gasteiger partial charge in [-0.1, -0.05) is 25.4 Å². The van der Waals surface area contributed by atoms with Crippen molar-refractivity contribution in [2.75, 3.05) is 18.5 Å². The fraction of sp³-hybridized carbons (Fsp3) is 0.500. The lowest BCUT2D eigenvalue weighted by molar-refractivity contribution is 0.149. The van der Waals surface area contributed by atoms with Crippen molar-refractivity contribution in [3.63, 3.8) is 0 Å². The molecule has 90 valence electrons. The van der Waals surface area contributed by atoms with Crippen molar-refractivity contribution in [1.82, 2.24) is 0 Å². The Labute approximate surface area is 100 Å². The number of hydrogen-bond donors (Lipinski definition) is 2. The van der Waals surface area contributed by atoms with Crippen LogP contribution in [0.4, 0.5) is 10.1 Å². The quantitative estimate of drug-likeness (QED) is 0.834. The van der Waals surface area contributed by atoms with Gasteiger partial charge in [0.1, 0.15) is 5.82 Å². The minimum absolute atomic E-state index is 0.0867. The predicted molar refractivity (Wildman–Crippen MR) is 65.4 cm³/mol. The molecule has 0 bridgehead atoms. The van der Waals surface area contributed by atoms with Crippen LogP contribution in [0.2, 0.25) is 5.02 Å². The Morgan fingerprint density at radius 2 is 2.19 bits per heavy atom. The van der Waals surface area contributed by atoms with E-state index in [1.165, 1.54) is 18.2 Å². The highest BCUT2D eigenvalue weighted by Crippen LogP contribution is 2.26. The molecule has 0 aliphatic carbocycles. The third kappa shape index (κ3) is 3.35. The molecule has 1 atom stereocenters. The Balaban J connectivity index is 2.70. The number of anilines is 1. The molecule has 0 fully saturated rings. The lowest BCUT2D eigenvalue weighted by Gasteiger charge is -2.26. The largest absolute Gasteiger partial charge is 0.396 e. The van der Waals surface area contributed by atoms with Gasteiger partial charge in [-0.2, -0.15) is 0 Å². The first kappa shape index (κ1) is 13.3. The van der Waals surface area contributed by atoms with E-state index in [1.807, 2.05) is 13.8 Å². The fourth-order valence-corrected chi connectivity index (χ4v) is 1.42. The van der Waals surface area contributed by atoms with Crippen molar-refractivity contribution in [3.05, 3.63) is 29.0 Å². The monoisotopic (exact) mass is 245 g/mol. The van der Waals surface area contributed by atoms with Crippen molar-refractivity contribution >= 4 is 17.3 Å². The Morgan fingerprint density at radius 3 is 2.75 bits per heavy atom. The zero-order valence-electron chi connectivity index (χ0n) is 9.56. The van der Waals surface area contributed by atoms with E-state index in [0.29, 0.717) is 17.3 Å². The fourth-order valence-electron chi connectivity index (χ4n) is 1.23. The van der Waals surface area contributed by atoms with E-state index in [2.05, 4.69) is 5.32 Å². The summed E-state index contributed by atoms with van der Waals surface area (Å²) in [6, 6.07) is 4.19. The molecule has 1 aromatic rings. The lowest BCUT2D eigenvalue weighted by atomic mass is 9.88. The zero-order valence-corrected chi connectivity index (χ0v) is 10.3. The number of benzene rings is 1. The van der Waals surface area contributed by atoms with E-state index in [4.69, 9.17) is 11.6 Å². The maximum atomic E-state index is 13.0. The van der Waals surface area contributed by atoms with Crippen LogP contribution in [-0.4, -0.2) is 18.3 Å². The van der Waals surface area contributed by atoms with E-state index in [1.54, 1.807) is 0 Å². The van der Waals surface area contributed by atoms with Crippen LogP contribution in [-0.2, 0) is 0 Å². The van der Waals surface area contributed by atoms with Crippen molar-refractivity contribution < 1.29 is 9.50 Å². The second kappa shape index (κ2) is 5.51. The summed E-state index contributed by atoms with van der Waals surface area (Å²) in [5.41, 5.74) is 0.352. The summed E-state index contributed by atoms with van der Waals surface area (Å²) in [7, 11) is 0. The second-order valence-electron chi connectivity index (χ2n) is 4.30. The number of aliphatic hydroxyl groups is 1. The minimum Gasteiger partial charge on any atom is -0.396 e. The van der Waals surface area contributed by atoms with Gasteiger partial charge in [0.25, 0.3) is 0 Å². The van der Waals surface area contributed by atoms with Gasteiger partial charge in [0.2, 0.25) is 0 Å². The Morgan fingerprint density at radius 1 is 1.50 bits per heavy atom. The van der Waals surface area contributed by atoms with Gasteiger partial charge in [0.05, 0.1) is 17.3 Å². The molecular formula is C12H17ClFNO. The van der Waals surface area contributed by atoms with Crippen LogP contribution in [0, 0.1) is 11.2 Å². The number of hydrogen-bond acceptors (Lipinski definition) is 2. The molecule has 16 heavy (non-hydrogen) atoms. The van der Waals surface area contributed by atoms with Crippen molar-refractivity contribution in [1.29, 1.82) is 0 Å². The van der Waals surface area contributed by atoms with Crippen LogP contribution < -0.4 is 5.32 Å². The first-order valence-electron chi connectivity index (χ1n) is 5.30. The van der Waals surface area contributed by atoms with Crippen LogP contribution in [0.5, 0.6) is 0 Å².